The Bertz CT molecular complexity index is 165. The molecule has 0 spiro atoms. The molecule has 1 atom stereocenters. The van der Waals surface area contributed by atoms with E-state index in [0.717, 1.165) is 39.3 Å². The van der Waals surface area contributed by atoms with Crippen molar-refractivity contribution in [3.63, 3.8) is 0 Å². The van der Waals surface area contributed by atoms with E-state index < -0.39 is 0 Å². The third-order valence-electron chi connectivity index (χ3n) is 2.75. The zero-order valence-corrected chi connectivity index (χ0v) is 12.2. The first kappa shape index (κ1) is 16.8. The summed E-state index contributed by atoms with van der Waals surface area (Å²) >= 11 is 0. The van der Waals surface area contributed by atoms with Gasteiger partial charge < -0.3 is 19.7 Å². The zero-order chi connectivity index (χ0) is 13.1. The fourth-order valence-electron chi connectivity index (χ4n) is 1.49. The second-order valence-electron chi connectivity index (χ2n) is 4.81. The van der Waals surface area contributed by atoms with Crippen molar-refractivity contribution in [1.29, 1.82) is 0 Å². The molecule has 0 heterocycles. The molecular formula is C13H30N2O2. The second-order valence-corrected chi connectivity index (χ2v) is 4.81. The van der Waals surface area contributed by atoms with Crippen LogP contribution in [0.1, 0.15) is 27.2 Å². The van der Waals surface area contributed by atoms with E-state index in [1.165, 1.54) is 0 Å². The average Bonchev–Trinajstić information content (AvgIpc) is 2.27. The number of methoxy groups -OCH3 is 1. The molecule has 0 aliphatic heterocycles. The van der Waals surface area contributed by atoms with Crippen molar-refractivity contribution in [1.82, 2.24) is 10.2 Å². The highest BCUT2D eigenvalue weighted by molar-refractivity contribution is 4.63. The van der Waals surface area contributed by atoms with Crippen molar-refractivity contribution in [2.24, 2.45) is 0 Å². The van der Waals surface area contributed by atoms with Gasteiger partial charge in [-0.1, -0.05) is 0 Å². The smallest absolute Gasteiger partial charge is 0.0615 e. The molecule has 0 rings (SSSR count). The first-order chi connectivity index (χ1) is 8.07. The number of rotatable bonds is 11. The third-order valence-corrected chi connectivity index (χ3v) is 2.75. The number of ether oxygens (including phenoxy) is 2. The molecule has 0 aromatic heterocycles. The Kier molecular flexibility index (Phi) is 10.9. The predicted octanol–water partition coefficient (Wildman–Crippen LogP) is 1.36. The lowest BCUT2D eigenvalue weighted by Crippen LogP contribution is -2.38. The summed E-state index contributed by atoms with van der Waals surface area (Å²) in [6, 6.07) is 0.478. The third kappa shape index (κ3) is 10.7. The topological polar surface area (TPSA) is 33.7 Å². The van der Waals surface area contributed by atoms with Crippen molar-refractivity contribution in [2.75, 3.05) is 47.0 Å². The van der Waals surface area contributed by atoms with Crippen molar-refractivity contribution >= 4 is 0 Å². The van der Waals surface area contributed by atoms with Crippen LogP contribution in [0.3, 0.4) is 0 Å². The maximum absolute atomic E-state index is 5.47. The summed E-state index contributed by atoms with van der Waals surface area (Å²) in [7, 11) is 3.88. The van der Waals surface area contributed by atoms with Gasteiger partial charge in [-0.25, -0.2) is 0 Å². The van der Waals surface area contributed by atoms with Gasteiger partial charge in [0, 0.05) is 32.8 Å². The van der Waals surface area contributed by atoms with Gasteiger partial charge in [0.25, 0.3) is 0 Å². The number of hydrogen-bond donors (Lipinski definition) is 1. The fourth-order valence-corrected chi connectivity index (χ4v) is 1.49. The normalized spacial score (nSPS) is 13.6. The molecule has 0 aliphatic rings. The molecule has 0 fully saturated rings. The summed E-state index contributed by atoms with van der Waals surface area (Å²) in [5, 5.41) is 3.42. The highest BCUT2D eigenvalue weighted by atomic mass is 16.5. The Morgan fingerprint density at radius 1 is 1.18 bits per heavy atom. The molecule has 0 amide bonds. The van der Waals surface area contributed by atoms with E-state index in [1.54, 1.807) is 7.11 Å². The Labute approximate surface area is 107 Å². The first-order valence-corrected chi connectivity index (χ1v) is 6.59. The Morgan fingerprint density at radius 2 is 1.88 bits per heavy atom. The molecule has 0 bridgehead atoms. The van der Waals surface area contributed by atoms with Gasteiger partial charge in [-0.15, -0.1) is 0 Å². The zero-order valence-electron chi connectivity index (χ0n) is 12.2. The van der Waals surface area contributed by atoms with Crippen LogP contribution in [0.5, 0.6) is 0 Å². The highest BCUT2D eigenvalue weighted by Crippen LogP contribution is 1.94. The number of nitrogens with one attached hydrogen (secondary N) is 1. The van der Waals surface area contributed by atoms with Gasteiger partial charge in [0.15, 0.2) is 0 Å². The molecule has 0 aromatic rings. The van der Waals surface area contributed by atoms with E-state index in [2.05, 4.69) is 38.0 Å². The molecular weight excluding hydrogens is 216 g/mol. The summed E-state index contributed by atoms with van der Waals surface area (Å²) < 4.78 is 10.6. The minimum absolute atomic E-state index is 0.344. The minimum Gasteiger partial charge on any atom is -0.383 e. The highest BCUT2D eigenvalue weighted by Gasteiger charge is 2.07. The lowest BCUT2D eigenvalue weighted by molar-refractivity contribution is 0.0768. The summed E-state index contributed by atoms with van der Waals surface area (Å²) in [5.41, 5.74) is 0. The molecule has 1 N–H and O–H groups in total. The van der Waals surface area contributed by atoms with Gasteiger partial charge >= 0.3 is 0 Å². The molecule has 0 saturated carbocycles. The van der Waals surface area contributed by atoms with Crippen LogP contribution in [0.15, 0.2) is 0 Å². The summed E-state index contributed by atoms with van der Waals surface area (Å²) in [6.07, 6.45) is 1.42. The maximum atomic E-state index is 5.47. The van der Waals surface area contributed by atoms with Crippen LogP contribution in [0, 0.1) is 0 Å². The fraction of sp³-hybridized carbons (Fsp3) is 1.00. The summed E-state index contributed by atoms with van der Waals surface area (Å²) in [5.74, 6) is 0. The van der Waals surface area contributed by atoms with E-state index in [-0.39, 0.29) is 0 Å². The van der Waals surface area contributed by atoms with E-state index in [4.69, 9.17) is 9.47 Å². The SMILES string of the molecule is COCC(C)N(C)CCNCCCOC(C)C. The standard InChI is InChI=1S/C13H30N2O2/c1-12(2)17-10-6-7-14-8-9-15(4)13(3)11-16-5/h12-14H,6-11H2,1-5H3. The molecule has 4 nitrogen and oxygen atoms in total. The van der Waals surface area contributed by atoms with Gasteiger partial charge in [0.1, 0.15) is 0 Å². The number of hydrogen-bond acceptors (Lipinski definition) is 4. The van der Waals surface area contributed by atoms with Crippen molar-refractivity contribution < 1.29 is 9.47 Å². The van der Waals surface area contributed by atoms with Crippen LogP contribution < -0.4 is 5.32 Å². The quantitative estimate of drug-likeness (QED) is 0.558. The van der Waals surface area contributed by atoms with Gasteiger partial charge in [-0.05, 0) is 40.8 Å². The van der Waals surface area contributed by atoms with Gasteiger partial charge in [0.05, 0.1) is 12.7 Å². The number of likely N-dealkylation sites (N-methyl/N-ethyl adjacent to an activating group) is 1. The van der Waals surface area contributed by atoms with Crippen molar-refractivity contribution in [2.45, 2.75) is 39.3 Å². The van der Waals surface area contributed by atoms with Gasteiger partial charge in [-0.3, -0.25) is 0 Å². The van der Waals surface area contributed by atoms with Crippen LogP contribution in [-0.4, -0.2) is 64.1 Å². The van der Waals surface area contributed by atoms with Crippen molar-refractivity contribution in [3.8, 4) is 0 Å². The monoisotopic (exact) mass is 246 g/mol. The van der Waals surface area contributed by atoms with Crippen LogP contribution in [0.25, 0.3) is 0 Å². The minimum atomic E-state index is 0.344. The summed E-state index contributed by atoms with van der Waals surface area (Å²) in [4.78, 5) is 2.31. The Balaban J connectivity index is 3.27. The van der Waals surface area contributed by atoms with Crippen LogP contribution in [-0.2, 0) is 9.47 Å². The van der Waals surface area contributed by atoms with E-state index in [1.807, 2.05) is 0 Å². The molecule has 104 valence electrons. The van der Waals surface area contributed by atoms with Gasteiger partial charge in [0.2, 0.25) is 0 Å². The molecule has 0 aliphatic carbocycles. The van der Waals surface area contributed by atoms with Crippen LogP contribution in [0.2, 0.25) is 0 Å². The Hall–Kier alpha value is -0.160. The molecule has 0 radical (unpaired) electrons. The maximum Gasteiger partial charge on any atom is 0.0615 e. The first-order valence-electron chi connectivity index (χ1n) is 6.59. The molecule has 4 heteroatoms. The van der Waals surface area contributed by atoms with Crippen LogP contribution >= 0.6 is 0 Å². The summed E-state index contributed by atoms with van der Waals surface area (Å²) in [6.45, 7) is 11.1. The second kappa shape index (κ2) is 11.0. The molecule has 17 heavy (non-hydrogen) atoms. The molecule has 0 aromatic carbocycles. The van der Waals surface area contributed by atoms with E-state index in [9.17, 15) is 0 Å². The molecule has 0 saturated heterocycles. The van der Waals surface area contributed by atoms with Gasteiger partial charge in [-0.2, -0.15) is 0 Å². The largest absolute Gasteiger partial charge is 0.383 e. The molecule has 1 unspecified atom stereocenters. The number of nitrogens with zero attached hydrogens (tertiary/aromatic N) is 1. The van der Waals surface area contributed by atoms with E-state index in [0.29, 0.717) is 12.1 Å². The average molecular weight is 246 g/mol. The Morgan fingerprint density at radius 3 is 2.47 bits per heavy atom. The van der Waals surface area contributed by atoms with Crippen molar-refractivity contribution in [3.05, 3.63) is 0 Å². The van der Waals surface area contributed by atoms with Crippen LogP contribution in [0.4, 0.5) is 0 Å². The predicted molar refractivity (Wildman–Crippen MR) is 72.5 cm³/mol. The lowest BCUT2D eigenvalue weighted by Gasteiger charge is -2.24. The lowest BCUT2D eigenvalue weighted by atomic mass is 10.3. The van der Waals surface area contributed by atoms with E-state index >= 15 is 0 Å².